The van der Waals surface area contributed by atoms with Gasteiger partial charge in [-0.05, 0) is 38.8 Å². The molecule has 0 aliphatic heterocycles. The van der Waals surface area contributed by atoms with E-state index in [0.717, 1.165) is 30.6 Å². The molecule has 1 aromatic heterocycles. The van der Waals surface area contributed by atoms with Crippen molar-refractivity contribution in [2.75, 3.05) is 18.5 Å². The lowest BCUT2D eigenvalue weighted by atomic mass is 10.2. The first-order chi connectivity index (χ1) is 10.1. The van der Waals surface area contributed by atoms with Gasteiger partial charge in [0.05, 0.1) is 12.2 Å². The van der Waals surface area contributed by atoms with Crippen LogP contribution in [0.4, 0.5) is 5.00 Å². The van der Waals surface area contributed by atoms with Crippen LogP contribution in [-0.4, -0.2) is 25.0 Å². The summed E-state index contributed by atoms with van der Waals surface area (Å²) in [4.78, 5) is 24.9. The number of aryl methyl sites for hydroxylation is 1. The van der Waals surface area contributed by atoms with Gasteiger partial charge in [0.1, 0.15) is 5.00 Å². The number of nitrogens with one attached hydrogen (secondary N) is 1. The topological polar surface area (TPSA) is 81.4 Å². The highest BCUT2D eigenvalue weighted by Gasteiger charge is 2.18. The molecule has 1 heterocycles. The van der Waals surface area contributed by atoms with E-state index in [1.807, 2.05) is 6.92 Å². The Balaban J connectivity index is 2.66. The number of hydrogen-bond donors (Lipinski definition) is 2. The Labute approximate surface area is 129 Å². The summed E-state index contributed by atoms with van der Waals surface area (Å²) in [6, 6.07) is 1.80. The smallest absolute Gasteiger partial charge is 0.341 e. The van der Waals surface area contributed by atoms with Gasteiger partial charge in [0.15, 0.2) is 0 Å². The molecule has 0 unspecified atom stereocenters. The highest BCUT2D eigenvalue weighted by Crippen LogP contribution is 2.29. The third-order valence-electron chi connectivity index (χ3n) is 2.99. The van der Waals surface area contributed by atoms with E-state index < -0.39 is 0 Å². The molecule has 0 aliphatic carbocycles. The minimum Gasteiger partial charge on any atom is -0.462 e. The number of unbranched alkanes of at least 4 members (excludes halogenated alkanes) is 2. The predicted molar refractivity (Wildman–Crippen MR) is 85.8 cm³/mol. The SMILES string of the molecule is CCOC(=O)c1cc(CC)sc1NC(=O)CCCCCN. The second-order valence-electron chi connectivity index (χ2n) is 4.68. The average molecular weight is 312 g/mol. The molecule has 0 fully saturated rings. The molecular weight excluding hydrogens is 288 g/mol. The van der Waals surface area contributed by atoms with Crippen molar-refractivity contribution in [1.29, 1.82) is 0 Å². The fourth-order valence-corrected chi connectivity index (χ4v) is 2.87. The number of rotatable bonds is 9. The monoisotopic (exact) mass is 312 g/mol. The maximum atomic E-state index is 11.9. The Morgan fingerprint density at radius 3 is 2.67 bits per heavy atom. The van der Waals surface area contributed by atoms with Crippen molar-refractivity contribution in [2.24, 2.45) is 5.73 Å². The maximum absolute atomic E-state index is 11.9. The molecule has 118 valence electrons. The fraction of sp³-hybridized carbons (Fsp3) is 0.600. The molecule has 0 aromatic carbocycles. The van der Waals surface area contributed by atoms with Gasteiger partial charge in [-0.2, -0.15) is 0 Å². The quantitative estimate of drug-likeness (QED) is 0.542. The van der Waals surface area contributed by atoms with Crippen LogP contribution in [0.2, 0.25) is 0 Å². The third-order valence-corrected chi connectivity index (χ3v) is 4.18. The van der Waals surface area contributed by atoms with Crippen LogP contribution in [0.25, 0.3) is 0 Å². The van der Waals surface area contributed by atoms with Gasteiger partial charge in [-0.3, -0.25) is 4.79 Å². The molecule has 1 amide bonds. The zero-order valence-electron chi connectivity index (χ0n) is 12.7. The number of carbonyl (C=O) groups is 2. The molecule has 0 aliphatic rings. The molecule has 1 aromatic rings. The van der Waals surface area contributed by atoms with Gasteiger partial charge in [0, 0.05) is 11.3 Å². The van der Waals surface area contributed by atoms with Gasteiger partial charge >= 0.3 is 5.97 Å². The van der Waals surface area contributed by atoms with Crippen LogP contribution in [0.3, 0.4) is 0 Å². The van der Waals surface area contributed by atoms with E-state index >= 15 is 0 Å². The molecule has 5 nitrogen and oxygen atoms in total. The molecule has 0 atom stereocenters. The number of carbonyl (C=O) groups excluding carboxylic acids is 2. The van der Waals surface area contributed by atoms with E-state index in [2.05, 4.69) is 5.32 Å². The molecule has 0 saturated carbocycles. The van der Waals surface area contributed by atoms with Crippen molar-refractivity contribution in [3.05, 3.63) is 16.5 Å². The summed E-state index contributed by atoms with van der Waals surface area (Å²) < 4.78 is 5.02. The van der Waals surface area contributed by atoms with Gasteiger partial charge in [-0.25, -0.2) is 4.79 Å². The number of amides is 1. The average Bonchev–Trinajstić information content (AvgIpc) is 2.87. The molecule has 0 saturated heterocycles. The molecule has 0 radical (unpaired) electrons. The van der Waals surface area contributed by atoms with Crippen molar-refractivity contribution >= 4 is 28.2 Å². The van der Waals surface area contributed by atoms with E-state index in [-0.39, 0.29) is 11.9 Å². The summed E-state index contributed by atoms with van der Waals surface area (Å²) in [5.41, 5.74) is 5.87. The summed E-state index contributed by atoms with van der Waals surface area (Å²) in [6.45, 7) is 4.75. The van der Waals surface area contributed by atoms with E-state index in [9.17, 15) is 9.59 Å². The van der Waals surface area contributed by atoms with E-state index in [1.165, 1.54) is 11.3 Å². The van der Waals surface area contributed by atoms with Gasteiger partial charge in [-0.15, -0.1) is 11.3 Å². The van der Waals surface area contributed by atoms with Crippen molar-refractivity contribution < 1.29 is 14.3 Å². The number of hydrogen-bond acceptors (Lipinski definition) is 5. The van der Waals surface area contributed by atoms with Crippen molar-refractivity contribution in [2.45, 2.75) is 46.0 Å². The molecule has 6 heteroatoms. The second-order valence-corrected chi connectivity index (χ2v) is 5.81. The lowest BCUT2D eigenvalue weighted by molar-refractivity contribution is -0.116. The first-order valence-corrected chi connectivity index (χ1v) is 8.23. The molecule has 0 bridgehead atoms. The predicted octanol–water partition coefficient (Wildman–Crippen LogP) is 2.94. The fourth-order valence-electron chi connectivity index (χ4n) is 1.87. The van der Waals surface area contributed by atoms with Crippen LogP contribution in [0.1, 0.15) is 54.8 Å². The summed E-state index contributed by atoms with van der Waals surface area (Å²) in [6.07, 6.45) is 3.95. The number of thiophene rings is 1. The Morgan fingerprint density at radius 1 is 1.29 bits per heavy atom. The van der Waals surface area contributed by atoms with Gasteiger partial charge in [-0.1, -0.05) is 13.3 Å². The minimum atomic E-state index is -0.383. The summed E-state index contributed by atoms with van der Waals surface area (Å²) in [5, 5.41) is 3.42. The lowest BCUT2D eigenvalue weighted by Crippen LogP contribution is -2.13. The normalized spacial score (nSPS) is 10.4. The van der Waals surface area contributed by atoms with Gasteiger partial charge in [0.2, 0.25) is 5.91 Å². The number of anilines is 1. The standard InChI is InChI=1S/C15H24N2O3S/c1-3-11-10-12(15(19)20-4-2)14(21-11)17-13(18)8-6-5-7-9-16/h10H,3-9,16H2,1-2H3,(H,17,18). The highest BCUT2D eigenvalue weighted by atomic mass is 32.1. The van der Waals surface area contributed by atoms with Crippen molar-refractivity contribution in [1.82, 2.24) is 0 Å². The van der Waals surface area contributed by atoms with E-state index in [1.54, 1.807) is 13.0 Å². The number of ether oxygens (including phenoxy) is 1. The highest BCUT2D eigenvalue weighted by molar-refractivity contribution is 7.16. The minimum absolute atomic E-state index is 0.0675. The maximum Gasteiger partial charge on any atom is 0.341 e. The zero-order valence-corrected chi connectivity index (χ0v) is 13.6. The van der Waals surface area contributed by atoms with Crippen LogP contribution in [0.5, 0.6) is 0 Å². The Morgan fingerprint density at radius 2 is 2.05 bits per heavy atom. The summed E-state index contributed by atoms with van der Waals surface area (Å²) >= 11 is 1.43. The Hall–Kier alpha value is -1.40. The second kappa shape index (κ2) is 9.52. The van der Waals surface area contributed by atoms with E-state index in [4.69, 9.17) is 10.5 Å². The molecule has 1 rings (SSSR count). The van der Waals surface area contributed by atoms with Crippen LogP contribution >= 0.6 is 11.3 Å². The Bertz CT molecular complexity index is 471. The summed E-state index contributed by atoms with van der Waals surface area (Å²) in [5.74, 6) is -0.450. The number of nitrogens with two attached hydrogens (primary N) is 1. The third kappa shape index (κ3) is 5.85. The van der Waals surface area contributed by atoms with Crippen LogP contribution in [0.15, 0.2) is 6.07 Å². The van der Waals surface area contributed by atoms with Crippen LogP contribution in [-0.2, 0) is 16.0 Å². The first-order valence-electron chi connectivity index (χ1n) is 7.42. The molecule has 3 N–H and O–H groups in total. The molecular formula is C15H24N2O3S. The number of esters is 1. The van der Waals surface area contributed by atoms with E-state index in [0.29, 0.717) is 30.1 Å². The Kier molecular flexibility index (Phi) is 8.00. The zero-order chi connectivity index (χ0) is 15.7. The van der Waals surface area contributed by atoms with Crippen LogP contribution in [0, 0.1) is 0 Å². The summed E-state index contributed by atoms with van der Waals surface area (Å²) in [7, 11) is 0. The van der Waals surface area contributed by atoms with Gasteiger partial charge in [0.25, 0.3) is 0 Å². The molecule has 0 spiro atoms. The first kappa shape index (κ1) is 17.7. The lowest BCUT2D eigenvalue weighted by Gasteiger charge is -2.06. The largest absolute Gasteiger partial charge is 0.462 e. The van der Waals surface area contributed by atoms with Crippen LogP contribution < -0.4 is 11.1 Å². The molecule has 21 heavy (non-hydrogen) atoms. The van der Waals surface area contributed by atoms with Gasteiger partial charge < -0.3 is 15.8 Å². The van der Waals surface area contributed by atoms with Crippen molar-refractivity contribution in [3.63, 3.8) is 0 Å². The van der Waals surface area contributed by atoms with Crippen molar-refractivity contribution in [3.8, 4) is 0 Å².